The highest BCUT2D eigenvalue weighted by atomic mass is 35.5. The van der Waals surface area contributed by atoms with E-state index in [2.05, 4.69) is 10.6 Å². The van der Waals surface area contributed by atoms with Crippen molar-refractivity contribution < 1.29 is 23.5 Å². The lowest BCUT2D eigenvalue weighted by Gasteiger charge is -2.14. The van der Waals surface area contributed by atoms with Gasteiger partial charge in [0, 0.05) is 36.5 Å². The molecule has 7 nitrogen and oxygen atoms in total. The van der Waals surface area contributed by atoms with Gasteiger partial charge in [-0.25, -0.2) is 4.39 Å². The quantitative estimate of drug-likeness (QED) is 0.259. The molecule has 0 aliphatic carbocycles. The molecule has 0 unspecified atom stereocenters. The maximum Gasteiger partial charge on any atom is 0.278 e. The van der Waals surface area contributed by atoms with Gasteiger partial charge < -0.3 is 15.4 Å². The van der Waals surface area contributed by atoms with Crippen LogP contribution in [0.4, 0.5) is 15.8 Å². The first kappa shape index (κ1) is 26.4. The molecule has 0 fully saturated rings. The third kappa shape index (κ3) is 6.37. The van der Waals surface area contributed by atoms with Crippen LogP contribution < -0.4 is 10.6 Å². The van der Waals surface area contributed by atoms with E-state index in [1.807, 2.05) is 0 Å². The first-order chi connectivity index (χ1) is 17.9. The predicted octanol–water partition coefficient (Wildman–Crippen LogP) is 5.55. The molecule has 0 aromatic heterocycles. The minimum atomic E-state index is -0.462. The third-order valence-corrected chi connectivity index (χ3v) is 6.84. The van der Waals surface area contributed by atoms with Crippen LogP contribution in [0, 0.1) is 5.82 Å². The lowest BCUT2D eigenvalue weighted by atomic mass is 10.2. The van der Waals surface area contributed by atoms with E-state index in [0.29, 0.717) is 39.9 Å². The Morgan fingerprint density at radius 1 is 0.973 bits per heavy atom. The number of ether oxygens (including phenoxy) is 1. The summed E-state index contributed by atoms with van der Waals surface area (Å²) in [5.41, 5.74) is 1.50. The van der Waals surface area contributed by atoms with Gasteiger partial charge in [0.15, 0.2) is 0 Å². The molecule has 10 heteroatoms. The molecule has 3 amide bonds. The molecule has 1 heterocycles. The van der Waals surface area contributed by atoms with Gasteiger partial charge in [0.1, 0.15) is 16.4 Å². The van der Waals surface area contributed by atoms with Crippen LogP contribution in [0.15, 0.2) is 88.3 Å². The number of carbonyl (C=O) groups excluding carboxylic acids is 3. The SMILES string of the molecule is COCCCN1C(=O)C(Nc2ccc(F)cc2)=C(Sc2ccc(NC(=O)c3ccccc3Cl)cc2)C1=O. The zero-order valence-corrected chi connectivity index (χ0v) is 21.4. The number of methoxy groups -OCH3 is 1. The number of carbonyl (C=O) groups is 3. The van der Waals surface area contributed by atoms with Crippen molar-refractivity contribution in [2.75, 3.05) is 30.9 Å². The van der Waals surface area contributed by atoms with Gasteiger partial charge >= 0.3 is 0 Å². The molecule has 2 N–H and O–H groups in total. The van der Waals surface area contributed by atoms with E-state index >= 15 is 0 Å². The summed E-state index contributed by atoms with van der Waals surface area (Å²) < 4.78 is 18.4. The maximum absolute atomic E-state index is 13.3. The Kier molecular flexibility index (Phi) is 8.60. The van der Waals surface area contributed by atoms with Crippen LogP contribution in [0.5, 0.6) is 0 Å². The van der Waals surface area contributed by atoms with E-state index < -0.39 is 17.6 Å². The molecule has 0 saturated carbocycles. The zero-order valence-electron chi connectivity index (χ0n) is 19.8. The second-order valence-corrected chi connectivity index (χ2v) is 9.50. The van der Waals surface area contributed by atoms with Gasteiger partial charge in [-0.1, -0.05) is 35.5 Å². The van der Waals surface area contributed by atoms with E-state index in [9.17, 15) is 18.8 Å². The highest BCUT2D eigenvalue weighted by Gasteiger charge is 2.38. The number of imide groups is 1. The molecular weight excluding hydrogens is 517 g/mol. The van der Waals surface area contributed by atoms with Crippen LogP contribution in [0.1, 0.15) is 16.8 Å². The van der Waals surface area contributed by atoms with Crippen LogP contribution >= 0.6 is 23.4 Å². The molecule has 1 aliphatic heterocycles. The van der Waals surface area contributed by atoms with Gasteiger partial charge in [-0.3, -0.25) is 19.3 Å². The smallest absolute Gasteiger partial charge is 0.278 e. The van der Waals surface area contributed by atoms with Crippen molar-refractivity contribution in [2.24, 2.45) is 0 Å². The van der Waals surface area contributed by atoms with Crippen molar-refractivity contribution >= 4 is 52.5 Å². The van der Waals surface area contributed by atoms with Crippen LogP contribution in [0.3, 0.4) is 0 Å². The average Bonchev–Trinajstić information content (AvgIpc) is 3.10. The van der Waals surface area contributed by atoms with Crippen molar-refractivity contribution in [3.05, 3.63) is 99.8 Å². The second-order valence-electron chi connectivity index (χ2n) is 8.00. The zero-order chi connectivity index (χ0) is 26.4. The largest absolute Gasteiger partial charge is 0.385 e. The van der Waals surface area contributed by atoms with E-state index in [1.54, 1.807) is 55.6 Å². The number of halogens is 2. The van der Waals surface area contributed by atoms with Crippen molar-refractivity contribution in [3.63, 3.8) is 0 Å². The minimum Gasteiger partial charge on any atom is -0.385 e. The average molecular weight is 540 g/mol. The normalized spacial score (nSPS) is 13.3. The highest BCUT2D eigenvalue weighted by molar-refractivity contribution is 8.04. The summed E-state index contributed by atoms with van der Waals surface area (Å²) in [7, 11) is 1.55. The second kappa shape index (κ2) is 12.1. The minimum absolute atomic E-state index is 0.120. The summed E-state index contributed by atoms with van der Waals surface area (Å²) in [5.74, 6) is -1.64. The Bertz CT molecular complexity index is 1350. The summed E-state index contributed by atoms with van der Waals surface area (Å²) in [6, 6.07) is 19.1. The Labute approximate surface area is 222 Å². The molecule has 0 atom stereocenters. The van der Waals surface area contributed by atoms with Gasteiger partial charge in [0.05, 0.1) is 10.6 Å². The van der Waals surface area contributed by atoms with Crippen molar-refractivity contribution in [2.45, 2.75) is 11.3 Å². The monoisotopic (exact) mass is 539 g/mol. The molecule has 3 aromatic rings. The van der Waals surface area contributed by atoms with Crippen LogP contribution in [-0.4, -0.2) is 42.9 Å². The number of anilines is 2. The maximum atomic E-state index is 13.3. The number of hydrogen-bond donors (Lipinski definition) is 2. The van der Waals surface area contributed by atoms with Crippen LogP contribution in [-0.2, 0) is 14.3 Å². The topological polar surface area (TPSA) is 87.7 Å². The summed E-state index contributed by atoms with van der Waals surface area (Å²) in [4.78, 5) is 40.9. The van der Waals surface area contributed by atoms with Gasteiger partial charge in [0.2, 0.25) is 0 Å². The molecule has 0 bridgehead atoms. The first-order valence-electron chi connectivity index (χ1n) is 11.3. The first-order valence-corrected chi connectivity index (χ1v) is 12.5. The molecule has 190 valence electrons. The third-order valence-electron chi connectivity index (χ3n) is 5.42. The fraction of sp³-hybridized carbons (Fsp3) is 0.148. The van der Waals surface area contributed by atoms with Crippen LogP contribution in [0.2, 0.25) is 5.02 Å². The number of thioether (sulfide) groups is 1. The molecular formula is C27H23ClFN3O4S. The summed E-state index contributed by atoms with van der Waals surface area (Å²) in [6.45, 7) is 0.610. The van der Waals surface area contributed by atoms with Gasteiger partial charge in [0.25, 0.3) is 17.7 Å². The molecule has 0 radical (unpaired) electrons. The van der Waals surface area contributed by atoms with Gasteiger partial charge in [-0.05, 0) is 67.1 Å². The fourth-order valence-corrected chi connectivity index (χ4v) is 4.74. The summed E-state index contributed by atoms with van der Waals surface area (Å²) in [6.07, 6.45) is 0.496. The number of rotatable bonds is 10. The molecule has 0 spiro atoms. The summed E-state index contributed by atoms with van der Waals surface area (Å²) >= 11 is 7.23. The number of nitrogens with one attached hydrogen (secondary N) is 2. The van der Waals surface area contributed by atoms with Crippen molar-refractivity contribution in [1.29, 1.82) is 0 Å². The number of benzene rings is 3. The fourth-order valence-electron chi connectivity index (χ4n) is 3.57. The number of amides is 3. The van der Waals surface area contributed by atoms with Gasteiger partial charge in [-0.2, -0.15) is 0 Å². The molecule has 4 rings (SSSR count). The Morgan fingerprint density at radius 3 is 2.32 bits per heavy atom. The number of hydrogen-bond acceptors (Lipinski definition) is 6. The molecule has 0 saturated heterocycles. The lowest BCUT2D eigenvalue weighted by Crippen LogP contribution is -2.33. The Balaban J connectivity index is 1.53. The van der Waals surface area contributed by atoms with Gasteiger partial charge in [-0.15, -0.1) is 0 Å². The van der Waals surface area contributed by atoms with E-state index in [4.69, 9.17) is 16.3 Å². The molecule has 1 aliphatic rings. The molecule has 3 aromatic carbocycles. The molecule has 37 heavy (non-hydrogen) atoms. The van der Waals surface area contributed by atoms with E-state index in [-0.39, 0.29) is 23.1 Å². The van der Waals surface area contributed by atoms with Crippen molar-refractivity contribution in [1.82, 2.24) is 4.90 Å². The lowest BCUT2D eigenvalue weighted by molar-refractivity contribution is -0.137. The standard InChI is InChI=1S/C27H23ClFN3O4S/c1-36-16-4-15-32-26(34)23(30-18-9-7-17(29)8-10-18)24(27(32)35)37-20-13-11-19(12-14-20)31-25(33)21-5-2-3-6-22(21)28/h2-3,5-14,30H,4,15-16H2,1H3,(H,31,33). The van der Waals surface area contributed by atoms with Crippen molar-refractivity contribution in [3.8, 4) is 0 Å². The van der Waals surface area contributed by atoms with E-state index in [1.165, 1.54) is 29.2 Å². The Morgan fingerprint density at radius 2 is 1.65 bits per heavy atom. The summed E-state index contributed by atoms with van der Waals surface area (Å²) in [5, 5.41) is 6.11. The highest BCUT2D eigenvalue weighted by Crippen LogP contribution is 2.36. The predicted molar refractivity (Wildman–Crippen MR) is 142 cm³/mol. The van der Waals surface area contributed by atoms with Crippen LogP contribution in [0.25, 0.3) is 0 Å². The Hall–Kier alpha value is -3.66. The number of nitrogens with zero attached hydrogens (tertiary/aromatic N) is 1. The van der Waals surface area contributed by atoms with E-state index in [0.717, 1.165) is 11.8 Å².